The molecule has 0 fully saturated rings. The predicted octanol–water partition coefficient (Wildman–Crippen LogP) is 2.12. The van der Waals surface area contributed by atoms with Gasteiger partial charge in [0.1, 0.15) is 5.60 Å². The third-order valence-corrected chi connectivity index (χ3v) is 3.70. The number of para-hydroxylation sites is 2. The van der Waals surface area contributed by atoms with Gasteiger partial charge in [-0.05, 0) is 39.3 Å². The molecule has 0 aliphatic heterocycles. The molecule has 0 atom stereocenters. The summed E-state index contributed by atoms with van der Waals surface area (Å²) in [4.78, 5) is 20.2. The summed E-state index contributed by atoms with van der Waals surface area (Å²) in [6, 6.07) is 8.11. The van der Waals surface area contributed by atoms with Crippen molar-refractivity contribution in [3.8, 4) is 0 Å². The molecule has 0 unspecified atom stereocenters. The minimum atomic E-state index is -0.490. The number of fused-ring (bicyclic) bond motifs is 1. The van der Waals surface area contributed by atoms with E-state index in [1.54, 1.807) is 7.05 Å². The highest BCUT2D eigenvalue weighted by Crippen LogP contribution is 2.11. The lowest BCUT2D eigenvalue weighted by Crippen LogP contribution is -2.42. The molecule has 0 saturated heterocycles. The summed E-state index contributed by atoms with van der Waals surface area (Å²) in [5, 5.41) is 9.13. The van der Waals surface area contributed by atoms with Crippen LogP contribution in [0.4, 0.5) is 4.79 Å². The Labute approximate surface area is 160 Å². The molecule has 1 amide bonds. The van der Waals surface area contributed by atoms with Crippen LogP contribution >= 0.6 is 0 Å². The first kappa shape index (κ1) is 20.5. The van der Waals surface area contributed by atoms with Gasteiger partial charge in [0.25, 0.3) is 0 Å². The van der Waals surface area contributed by atoms with Crippen LogP contribution in [0.2, 0.25) is 0 Å². The molecule has 148 valence electrons. The van der Waals surface area contributed by atoms with Gasteiger partial charge in [-0.2, -0.15) is 0 Å². The molecule has 1 aromatic carbocycles. The number of nitrogens with zero attached hydrogens (tertiary/aromatic N) is 3. The van der Waals surface area contributed by atoms with Crippen LogP contribution in [0.5, 0.6) is 0 Å². The molecule has 0 saturated carbocycles. The molecule has 8 heteroatoms. The van der Waals surface area contributed by atoms with Gasteiger partial charge >= 0.3 is 6.09 Å². The zero-order valence-electron chi connectivity index (χ0n) is 16.6. The van der Waals surface area contributed by atoms with Gasteiger partial charge in [-0.3, -0.25) is 4.99 Å². The first-order chi connectivity index (χ1) is 12.9. The Bertz CT molecular complexity index is 763. The highest BCUT2D eigenvalue weighted by Gasteiger charge is 2.15. The molecule has 0 aliphatic carbocycles. The Kier molecular flexibility index (Phi) is 7.45. The van der Waals surface area contributed by atoms with Crippen LogP contribution < -0.4 is 16.0 Å². The first-order valence-corrected chi connectivity index (χ1v) is 9.20. The number of aliphatic imine (C=N–C) groups is 1. The summed E-state index contributed by atoms with van der Waals surface area (Å²) in [6.45, 7) is 8.19. The number of benzene rings is 1. The summed E-state index contributed by atoms with van der Waals surface area (Å²) >= 11 is 0. The molecule has 2 rings (SSSR count). The SMILES string of the molecule is CN=C(NCCCn1cnc2ccccc21)NCCNC(=O)OC(C)(C)C. The van der Waals surface area contributed by atoms with Gasteiger partial charge in [0.15, 0.2) is 5.96 Å². The Balaban J connectivity index is 1.62. The quantitative estimate of drug-likeness (QED) is 0.392. The fraction of sp³-hybridized carbons (Fsp3) is 0.526. The van der Waals surface area contributed by atoms with E-state index < -0.39 is 11.7 Å². The number of guanidine groups is 1. The van der Waals surface area contributed by atoms with Gasteiger partial charge in [0.05, 0.1) is 17.4 Å². The second-order valence-corrected chi connectivity index (χ2v) is 7.13. The highest BCUT2D eigenvalue weighted by atomic mass is 16.6. The number of ether oxygens (including phenoxy) is 1. The van der Waals surface area contributed by atoms with Crippen molar-refractivity contribution in [2.24, 2.45) is 4.99 Å². The molecule has 8 nitrogen and oxygen atoms in total. The van der Waals surface area contributed by atoms with Gasteiger partial charge in [0.2, 0.25) is 0 Å². The lowest BCUT2D eigenvalue weighted by Gasteiger charge is -2.19. The number of hydrogen-bond donors (Lipinski definition) is 3. The van der Waals surface area contributed by atoms with Gasteiger partial charge in [-0.1, -0.05) is 12.1 Å². The van der Waals surface area contributed by atoms with E-state index in [-0.39, 0.29) is 0 Å². The summed E-state index contributed by atoms with van der Waals surface area (Å²) in [7, 11) is 1.72. The second-order valence-electron chi connectivity index (χ2n) is 7.13. The molecule has 27 heavy (non-hydrogen) atoms. The summed E-state index contributed by atoms with van der Waals surface area (Å²) in [6.07, 6.45) is 2.40. The van der Waals surface area contributed by atoms with Crippen molar-refractivity contribution in [2.75, 3.05) is 26.7 Å². The maximum absolute atomic E-state index is 11.6. The van der Waals surface area contributed by atoms with E-state index in [1.165, 1.54) is 0 Å². The second kappa shape index (κ2) is 9.80. The van der Waals surface area contributed by atoms with Crippen molar-refractivity contribution in [1.29, 1.82) is 0 Å². The largest absolute Gasteiger partial charge is 0.444 e. The maximum atomic E-state index is 11.6. The summed E-state index contributed by atoms with van der Waals surface area (Å²) in [5.41, 5.74) is 1.67. The van der Waals surface area contributed by atoms with Crippen molar-refractivity contribution >= 4 is 23.1 Å². The van der Waals surface area contributed by atoms with E-state index in [0.29, 0.717) is 19.0 Å². The van der Waals surface area contributed by atoms with E-state index in [0.717, 1.165) is 30.5 Å². The van der Waals surface area contributed by atoms with Crippen molar-refractivity contribution in [2.45, 2.75) is 39.3 Å². The number of carbonyl (C=O) groups excluding carboxylic acids is 1. The third kappa shape index (κ3) is 7.16. The van der Waals surface area contributed by atoms with Gasteiger partial charge in [-0.15, -0.1) is 0 Å². The molecule has 1 aromatic heterocycles. The zero-order valence-corrected chi connectivity index (χ0v) is 16.6. The van der Waals surface area contributed by atoms with Crippen LogP contribution in [-0.4, -0.2) is 53.9 Å². The molecular formula is C19H30N6O2. The normalized spacial score (nSPS) is 12.1. The molecule has 3 N–H and O–H groups in total. The highest BCUT2D eigenvalue weighted by molar-refractivity contribution is 5.79. The smallest absolute Gasteiger partial charge is 0.407 e. The number of aromatic nitrogens is 2. The molecular weight excluding hydrogens is 344 g/mol. The third-order valence-electron chi connectivity index (χ3n) is 3.70. The van der Waals surface area contributed by atoms with Crippen LogP contribution in [0.1, 0.15) is 27.2 Å². The minimum absolute atomic E-state index is 0.417. The standard InChI is InChI=1S/C19H30N6O2/c1-19(2,3)27-18(26)23-12-11-22-17(20-4)21-10-7-13-25-14-24-15-8-5-6-9-16(15)25/h5-6,8-9,14H,7,10-13H2,1-4H3,(H,23,26)(H2,20,21,22). The van der Waals surface area contributed by atoms with E-state index in [2.05, 4.69) is 36.6 Å². The lowest BCUT2D eigenvalue weighted by molar-refractivity contribution is 0.0529. The predicted molar refractivity (Wildman–Crippen MR) is 108 cm³/mol. The number of rotatable bonds is 7. The molecule has 0 bridgehead atoms. The number of hydrogen-bond acceptors (Lipinski definition) is 4. The van der Waals surface area contributed by atoms with Gasteiger partial charge in [-0.25, -0.2) is 9.78 Å². The van der Waals surface area contributed by atoms with Crippen molar-refractivity contribution in [3.05, 3.63) is 30.6 Å². The van der Waals surface area contributed by atoms with Crippen molar-refractivity contribution < 1.29 is 9.53 Å². The topological polar surface area (TPSA) is 92.6 Å². The van der Waals surface area contributed by atoms with E-state index in [9.17, 15) is 4.79 Å². The first-order valence-electron chi connectivity index (χ1n) is 9.20. The van der Waals surface area contributed by atoms with Crippen molar-refractivity contribution in [3.63, 3.8) is 0 Å². The number of amides is 1. The lowest BCUT2D eigenvalue weighted by atomic mass is 10.2. The Morgan fingerprint density at radius 2 is 1.85 bits per heavy atom. The number of aryl methyl sites for hydroxylation is 1. The Morgan fingerprint density at radius 3 is 2.59 bits per heavy atom. The van der Waals surface area contributed by atoms with E-state index in [4.69, 9.17) is 4.74 Å². The van der Waals surface area contributed by atoms with Crippen LogP contribution in [0, 0.1) is 0 Å². The van der Waals surface area contributed by atoms with Crippen LogP contribution in [0.3, 0.4) is 0 Å². The fourth-order valence-corrected chi connectivity index (χ4v) is 2.52. The molecule has 0 aliphatic rings. The van der Waals surface area contributed by atoms with Crippen LogP contribution in [-0.2, 0) is 11.3 Å². The van der Waals surface area contributed by atoms with E-state index in [1.807, 2.05) is 45.3 Å². The van der Waals surface area contributed by atoms with Crippen LogP contribution in [0.15, 0.2) is 35.6 Å². The van der Waals surface area contributed by atoms with Gasteiger partial charge in [0, 0.05) is 33.2 Å². The van der Waals surface area contributed by atoms with Crippen LogP contribution in [0.25, 0.3) is 11.0 Å². The average molecular weight is 374 g/mol. The number of nitrogens with one attached hydrogen (secondary N) is 3. The average Bonchev–Trinajstić information content (AvgIpc) is 3.02. The minimum Gasteiger partial charge on any atom is -0.444 e. The van der Waals surface area contributed by atoms with Crippen molar-refractivity contribution in [1.82, 2.24) is 25.5 Å². The van der Waals surface area contributed by atoms with Gasteiger partial charge < -0.3 is 25.3 Å². The maximum Gasteiger partial charge on any atom is 0.407 e. The summed E-state index contributed by atoms with van der Waals surface area (Å²) in [5.74, 6) is 0.705. The molecule has 0 radical (unpaired) electrons. The number of carbonyl (C=O) groups is 1. The molecule has 1 heterocycles. The Morgan fingerprint density at radius 1 is 1.15 bits per heavy atom. The van der Waals surface area contributed by atoms with E-state index >= 15 is 0 Å². The summed E-state index contributed by atoms with van der Waals surface area (Å²) < 4.78 is 7.34. The fourth-order valence-electron chi connectivity index (χ4n) is 2.52. The monoisotopic (exact) mass is 374 g/mol. The number of alkyl carbamates (subject to hydrolysis) is 1. The zero-order chi connectivity index (χ0) is 19.7. The molecule has 2 aromatic rings. The number of imidazole rings is 1. The Hall–Kier alpha value is -2.77. The molecule has 0 spiro atoms.